The Bertz CT molecular complexity index is 443. The van der Waals surface area contributed by atoms with Gasteiger partial charge in [-0.15, -0.1) is 11.3 Å². The molecule has 96 valence electrons. The molecule has 0 amide bonds. The van der Waals surface area contributed by atoms with Crippen LogP contribution in [0, 0.1) is 17.8 Å². The Balaban J connectivity index is 1.52. The van der Waals surface area contributed by atoms with Crippen molar-refractivity contribution in [1.29, 1.82) is 0 Å². The number of hydrogen-bond donors (Lipinski definition) is 1. The highest BCUT2D eigenvalue weighted by Gasteiger charge is 2.52. The van der Waals surface area contributed by atoms with Gasteiger partial charge in [0.15, 0.2) is 0 Å². The molecule has 0 aromatic carbocycles. The quantitative estimate of drug-likeness (QED) is 0.810. The van der Waals surface area contributed by atoms with Gasteiger partial charge in [0, 0.05) is 17.0 Å². The summed E-state index contributed by atoms with van der Waals surface area (Å²) in [5.74, 6) is 2.63. The van der Waals surface area contributed by atoms with E-state index in [1.807, 2.05) is 11.3 Å². The molecule has 4 aliphatic rings. The third-order valence-corrected chi connectivity index (χ3v) is 6.33. The lowest BCUT2D eigenvalue weighted by atomic mass is 9.51. The lowest BCUT2D eigenvalue weighted by Crippen LogP contribution is -2.58. The lowest BCUT2D eigenvalue weighted by molar-refractivity contribution is 0.0211. The van der Waals surface area contributed by atoms with Crippen molar-refractivity contribution in [1.82, 2.24) is 5.32 Å². The molecule has 1 aromatic rings. The van der Waals surface area contributed by atoms with Gasteiger partial charge in [-0.25, -0.2) is 0 Å². The van der Waals surface area contributed by atoms with Crippen LogP contribution in [0.1, 0.15) is 37.0 Å². The smallest absolute Gasteiger partial charge is 0.0304 e. The molecule has 1 nitrogen and oxygen atoms in total. The van der Waals surface area contributed by atoms with E-state index >= 15 is 0 Å². The van der Waals surface area contributed by atoms with Gasteiger partial charge in [0.25, 0.3) is 0 Å². The number of hydrogen-bond acceptors (Lipinski definition) is 2. The van der Waals surface area contributed by atoms with E-state index in [0.717, 1.165) is 24.3 Å². The molecular weight excluding hydrogens is 238 g/mol. The van der Waals surface area contributed by atoms with Crippen LogP contribution >= 0.6 is 11.3 Å². The average Bonchev–Trinajstić information content (AvgIpc) is 2.86. The summed E-state index contributed by atoms with van der Waals surface area (Å²) in [4.78, 5) is 1.48. The van der Waals surface area contributed by atoms with E-state index < -0.39 is 0 Å². The highest BCUT2D eigenvalue weighted by molar-refractivity contribution is 7.09. The number of rotatable bonds is 3. The standard InChI is InChI=1S/C16H21NS/c1-11-13-5-12-6-14(11)9-16(7-12,8-13)17-10-15-3-2-4-18-15/h2-4,12-14,17H,1,5-10H2/t12?,13-,14-,16?/m1/s1. The molecule has 4 bridgehead atoms. The minimum absolute atomic E-state index is 0.446. The van der Waals surface area contributed by atoms with Crippen LogP contribution in [0.4, 0.5) is 0 Å². The fraction of sp³-hybridized carbons (Fsp3) is 0.625. The van der Waals surface area contributed by atoms with E-state index in [1.165, 1.54) is 37.0 Å². The van der Waals surface area contributed by atoms with Crippen LogP contribution in [-0.2, 0) is 6.54 Å². The number of allylic oxidation sites excluding steroid dienone is 1. The Hall–Kier alpha value is -0.600. The summed E-state index contributed by atoms with van der Waals surface area (Å²) in [6.07, 6.45) is 6.97. The van der Waals surface area contributed by atoms with Crippen molar-refractivity contribution in [2.24, 2.45) is 17.8 Å². The van der Waals surface area contributed by atoms with Gasteiger partial charge >= 0.3 is 0 Å². The first-order valence-corrected chi connectivity index (χ1v) is 8.08. The summed E-state index contributed by atoms with van der Waals surface area (Å²) < 4.78 is 0. The topological polar surface area (TPSA) is 12.0 Å². The zero-order valence-corrected chi connectivity index (χ0v) is 11.6. The van der Waals surface area contributed by atoms with Crippen molar-refractivity contribution in [3.63, 3.8) is 0 Å². The van der Waals surface area contributed by atoms with Crippen molar-refractivity contribution >= 4 is 11.3 Å². The molecule has 4 aliphatic carbocycles. The van der Waals surface area contributed by atoms with Crippen LogP contribution in [-0.4, -0.2) is 5.54 Å². The molecular formula is C16H21NS. The maximum Gasteiger partial charge on any atom is 0.0304 e. The maximum absolute atomic E-state index is 4.37. The van der Waals surface area contributed by atoms with Gasteiger partial charge in [0.05, 0.1) is 0 Å². The summed E-state index contributed by atoms with van der Waals surface area (Å²) >= 11 is 1.87. The molecule has 1 aromatic heterocycles. The van der Waals surface area contributed by atoms with Gasteiger partial charge in [-0.2, -0.15) is 0 Å². The van der Waals surface area contributed by atoms with E-state index in [4.69, 9.17) is 0 Å². The number of nitrogens with one attached hydrogen (secondary N) is 1. The predicted molar refractivity (Wildman–Crippen MR) is 76.6 cm³/mol. The maximum atomic E-state index is 4.37. The first-order chi connectivity index (χ1) is 8.74. The second kappa shape index (κ2) is 3.94. The molecule has 5 rings (SSSR count). The summed E-state index contributed by atoms with van der Waals surface area (Å²) in [5.41, 5.74) is 2.03. The third kappa shape index (κ3) is 1.70. The minimum Gasteiger partial charge on any atom is -0.306 e. The largest absolute Gasteiger partial charge is 0.306 e. The van der Waals surface area contributed by atoms with Crippen molar-refractivity contribution in [3.05, 3.63) is 34.5 Å². The van der Waals surface area contributed by atoms with E-state index in [9.17, 15) is 0 Å². The minimum atomic E-state index is 0.446. The summed E-state index contributed by atoms with van der Waals surface area (Å²) in [7, 11) is 0. The molecule has 0 unspecified atom stereocenters. The van der Waals surface area contributed by atoms with E-state index in [0.29, 0.717) is 5.54 Å². The molecule has 4 fully saturated rings. The Kier molecular flexibility index (Phi) is 2.46. The molecule has 0 saturated heterocycles. The Morgan fingerprint density at radius 2 is 2.06 bits per heavy atom. The SMILES string of the molecule is C=C1[C@@H]2CC3C[C@@H]1CC(NCc1cccs1)(C3)C2. The van der Waals surface area contributed by atoms with Crippen molar-refractivity contribution in [2.75, 3.05) is 0 Å². The van der Waals surface area contributed by atoms with Crippen molar-refractivity contribution < 1.29 is 0 Å². The van der Waals surface area contributed by atoms with E-state index in [-0.39, 0.29) is 0 Å². The van der Waals surface area contributed by atoms with Crippen molar-refractivity contribution in [2.45, 2.75) is 44.2 Å². The fourth-order valence-corrected chi connectivity index (χ4v) is 5.43. The Morgan fingerprint density at radius 1 is 1.28 bits per heavy atom. The zero-order valence-electron chi connectivity index (χ0n) is 10.8. The molecule has 2 atom stereocenters. The van der Waals surface area contributed by atoms with Crippen LogP contribution in [0.15, 0.2) is 29.7 Å². The van der Waals surface area contributed by atoms with Crippen LogP contribution in [0.3, 0.4) is 0 Å². The second-order valence-corrected chi connectivity index (χ2v) is 7.66. The van der Waals surface area contributed by atoms with Crippen LogP contribution in [0.5, 0.6) is 0 Å². The molecule has 2 heteroatoms. The van der Waals surface area contributed by atoms with Crippen molar-refractivity contribution in [3.8, 4) is 0 Å². The van der Waals surface area contributed by atoms with E-state index in [1.54, 1.807) is 5.57 Å². The molecule has 0 aliphatic heterocycles. The molecule has 18 heavy (non-hydrogen) atoms. The van der Waals surface area contributed by atoms with Gasteiger partial charge in [-0.05, 0) is 61.3 Å². The molecule has 1 heterocycles. The van der Waals surface area contributed by atoms with Crippen LogP contribution in [0.2, 0.25) is 0 Å². The number of thiophene rings is 1. The zero-order chi connectivity index (χ0) is 12.2. The normalized spacial score (nSPS) is 41.6. The summed E-state index contributed by atoms with van der Waals surface area (Å²) in [6.45, 7) is 5.43. The summed E-state index contributed by atoms with van der Waals surface area (Å²) in [5, 5.41) is 6.10. The lowest BCUT2D eigenvalue weighted by Gasteiger charge is -2.58. The van der Waals surface area contributed by atoms with Gasteiger partial charge in [0.1, 0.15) is 0 Å². The molecule has 0 spiro atoms. The van der Waals surface area contributed by atoms with Gasteiger partial charge in [-0.1, -0.05) is 18.2 Å². The van der Waals surface area contributed by atoms with Crippen LogP contribution < -0.4 is 5.32 Å². The highest BCUT2D eigenvalue weighted by Crippen LogP contribution is 2.57. The van der Waals surface area contributed by atoms with Gasteiger partial charge in [0.2, 0.25) is 0 Å². The molecule has 0 radical (unpaired) electrons. The monoisotopic (exact) mass is 259 g/mol. The Labute approximate surface area is 113 Å². The fourth-order valence-electron chi connectivity index (χ4n) is 4.78. The first kappa shape index (κ1) is 11.2. The molecule has 4 saturated carbocycles. The van der Waals surface area contributed by atoms with Gasteiger partial charge < -0.3 is 5.32 Å². The molecule has 1 N–H and O–H groups in total. The third-order valence-electron chi connectivity index (χ3n) is 5.46. The van der Waals surface area contributed by atoms with Crippen LogP contribution in [0.25, 0.3) is 0 Å². The van der Waals surface area contributed by atoms with E-state index in [2.05, 4.69) is 29.4 Å². The first-order valence-electron chi connectivity index (χ1n) is 7.20. The summed E-state index contributed by atoms with van der Waals surface area (Å²) in [6, 6.07) is 4.40. The Morgan fingerprint density at radius 3 is 2.72 bits per heavy atom. The van der Waals surface area contributed by atoms with Gasteiger partial charge in [-0.3, -0.25) is 0 Å². The average molecular weight is 259 g/mol. The predicted octanol–water partition coefficient (Wildman–Crippen LogP) is 3.97. The highest BCUT2D eigenvalue weighted by atomic mass is 32.1. The second-order valence-electron chi connectivity index (χ2n) is 6.63.